The highest BCUT2D eigenvalue weighted by Gasteiger charge is 2.42. The summed E-state index contributed by atoms with van der Waals surface area (Å²) in [7, 11) is 0. The first-order valence-corrected chi connectivity index (χ1v) is 9.43. The molecule has 27 heavy (non-hydrogen) atoms. The van der Waals surface area contributed by atoms with Crippen LogP contribution in [-0.4, -0.2) is 17.6 Å². The lowest BCUT2D eigenvalue weighted by Crippen LogP contribution is -2.58. The minimum atomic E-state index is -0.416. The Kier molecular flexibility index (Phi) is 4.71. The number of nitrogens with zero attached hydrogens (tertiary/aromatic N) is 3. The molecule has 2 aromatic carbocycles. The average molecular weight is 363 g/mol. The molecule has 0 unspecified atom stereocenters. The van der Waals surface area contributed by atoms with E-state index in [1.165, 1.54) is 6.42 Å². The van der Waals surface area contributed by atoms with Crippen LogP contribution < -0.4 is 21.1 Å². The average Bonchev–Trinajstić information content (AvgIpc) is 2.68. The lowest BCUT2D eigenvalue weighted by molar-refractivity contribution is 0.303. The maximum absolute atomic E-state index is 6.26. The van der Waals surface area contributed by atoms with Gasteiger partial charge < -0.3 is 16.2 Å². The molecule has 2 aromatic rings. The normalized spacial score (nSPS) is 18.7. The lowest BCUT2D eigenvalue weighted by Gasteiger charge is -2.45. The smallest absolute Gasteiger partial charge is 0.220 e. The predicted octanol–water partition coefficient (Wildman–Crippen LogP) is 3.38. The van der Waals surface area contributed by atoms with Crippen molar-refractivity contribution in [3.05, 3.63) is 60.2 Å². The second-order valence-corrected chi connectivity index (χ2v) is 7.09. The van der Waals surface area contributed by atoms with Crippen molar-refractivity contribution in [2.45, 2.75) is 44.4 Å². The molecule has 1 aliphatic heterocycles. The van der Waals surface area contributed by atoms with E-state index >= 15 is 0 Å². The van der Waals surface area contributed by atoms with Gasteiger partial charge in [-0.1, -0.05) is 36.8 Å². The third-order valence-corrected chi connectivity index (χ3v) is 5.19. The summed E-state index contributed by atoms with van der Waals surface area (Å²) in [6.07, 6.45) is 5.29. The second-order valence-electron chi connectivity index (χ2n) is 7.09. The van der Waals surface area contributed by atoms with Gasteiger partial charge >= 0.3 is 0 Å². The molecule has 1 spiro atoms. The molecule has 0 aromatic heterocycles. The summed E-state index contributed by atoms with van der Waals surface area (Å²) in [6.45, 7) is 0.540. The third kappa shape index (κ3) is 3.60. The summed E-state index contributed by atoms with van der Waals surface area (Å²) in [5.41, 5.74) is 13.9. The van der Waals surface area contributed by atoms with Crippen LogP contribution in [0.3, 0.4) is 0 Å². The number of benzene rings is 2. The zero-order chi connectivity index (χ0) is 18.7. The molecule has 1 saturated carbocycles. The highest BCUT2D eigenvalue weighted by atomic mass is 16.5. The Bertz CT molecular complexity index is 839. The Morgan fingerprint density at radius 1 is 0.926 bits per heavy atom. The predicted molar refractivity (Wildman–Crippen MR) is 109 cm³/mol. The van der Waals surface area contributed by atoms with E-state index in [4.69, 9.17) is 21.2 Å². The van der Waals surface area contributed by atoms with Gasteiger partial charge in [-0.05, 0) is 55.5 Å². The Morgan fingerprint density at radius 3 is 2.33 bits per heavy atom. The summed E-state index contributed by atoms with van der Waals surface area (Å²) in [4.78, 5) is 10.9. The highest BCUT2D eigenvalue weighted by Crippen LogP contribution is 2.39. The summed E-state index contributed by atoms with van der Waals surface area (Å²) < 4.78 is 5.89. The van der Waals surface area contributed by atoms with E-state index < -0.39 is 5.66 Å². The Labute approximate surface area is 159 Å². The summed E-state index contributed by atoms with van der Waals surface area (Å²) in [5.74, 6) is 1.49. The maximum atomic E-state index is 6.26. The van der Waals surface area contributed by atoms with Gasteiger partial charge in [-0.15, -0.1) is 0 Å². The van der Waals surface area contributed by atoms with Gasteiger partial charge in [0, 0.05) is 5.69 Å². The minimum absolute atomic E-state index is 0.272. The van der Waals surface area contributed by atoms with Gasteiger partial charge in [0.1, 0.15) is 18.0 Å². The largest absolute Gasteiger partial charge is 0.489 e. The monoisotopic (exact) mass is 363 g/mol. The molecule has 0 saturated heterocycles. The van der Waals surface area contributed by atoms with Gasteiger partial charge in [-0.25, -0.2) is 4.99 Å². The quantitative estimate of drug-likeness (QED) is 0.871. The first-order chi connectivity index (χ1) is 13.2. The summed E-state index contributed by atoms with van der Waals surface area (Å²) in [6, 6.07) is 18.1. The molecule has 1 aliphatic carbocycles. The molecule has 6 nitrogen and oxygen atoms in total. The number of rotatable bonds is 4. The number of anilines is 1. The van der Waals surface area contributed by atoms with E-state index in [-0.39, 0.29) is 5.96 Å². The molecule has 0 radical (unpaired) electrons. The fourth-order valence-corrected chi connectivity index (χ4v) is 3.93. The van der Waals surface area contributed by atoms with Crippen molar-refractivity contribution >= 4 is 17.6 Å². The minimum Gasteiger partial charge on any atom is -0.489 e. The van der Waals surface area contributed by atoms with Gasteiger partial charge in [-0.2, -0.15) is 4.99 Å². The van der Waals surface area contributed by atoms with Crippen LogP contribution in [0.5, 0.6) is 5.75 Å². The van der Waals surface area contributed by atoms with Crippen LogP contribution in [0.2, 0.25) is 0 Å². The molecule has 4 N–H and O–H groups in total. The number of aliphatic imine (C=N–C) groups is 2. The summed E-state index contributed by atoms with van der Waals surface area (Å²) >= 11 is 0. The number of hydrogen-bond donors (Lipinski definition) is 2. The first kappa shape index (κ1) is 17.4. The molecule has 0 atom stereocenters. The lowest BCUT2D eigenvalue weighted by atomic mass is 9.87. The Morgan fingerprint density at radius 2 is 1.63 bits per heavy atom. The van der Waals surface area contributed by atoms with Crippen molar-refractivity contribution in [1.29, 1.82) is 0 Å². The van der Waals surface area contributed by atoms with Gasteiger partial charge in [0.15, 0.2) is 0 Å². The zero-order valence-corrected chi connectivity index (χ0v) is 15.3. The molecule has 6 heteroatoms. The standard InChI is InChI=1S/C21H25N5O/c22-19-24-20(23)26(21(25-19)13-5-2-6-14-21)17-9-11-18(12-10-17)27-15-16-7-3-1-4-8-16/h1,3-4,7-12H,2,5-6,13-15H2,(H4,22,23,24,25). The molecule has 140 valence electrons. The molecule has 0 bridgehead atoms. The van der Waals surface area contributed by atoms with Crippen LogP contribution in [0.25, 0.3) is 0 Å². The molecule has 2 aliphatic rings. The number of guanidine groups is 2. The SMILES string of the molecule is NC1=NC2(CCCCC2)N(c2ccc(OCc3ccccc3)cc2)C(N)=N1. The molecule has 0 amide bonds. The van der Waals surface area contributed by atoms with E-state index in [2.05, 4.69) is 17.1 Å². The van der Waals surface area contributed by atoms with Crippen molar-refractivity contribution in [3.63, 3.8) is 0 Å². The van der Waals surface area contributed by atoms with Crippen LogP contribution in [0.1, 0.15) is 37.7 Å². The van der Waals surface area contributed by atoms with Crippen molar-refractivity contribution in [2.24, 2.45) is 21.5 Å². The summed E-state index contributed by atoms with van der Waals surface area (Å²) in [5, 5.41) is 0. The van der Waals surface area contributed by atoms with E-state index in [9.17, 15) is 0 Å². The maximum Gasteiger partial charge on any atom is 0.220 e. The second kappa shape index (κ2) is 7.31. The fraction of sp³-hybridized carbons (Fsp3) is 0.333. The van der Waals surface area contributed by atoms with Gasteiger partial charge in [-0.3, -0.25) is 4.90 Å². The molecular weight excluding hydrogens is 338 g/mol. The first-order valence-electron chi connectivity index (χ1n) is 9.43. The molecular formula is C21H25N5O. The number of hydrogen-bond acceptors (Lipinski definition) is 6. The van der Waals surface area contributed by atoms with E-state index in [0.29, 0.717) is 12.6 Å². The van der Waals surface area contributed by atoms with Crippen LogP contribution in [0.4, 0.5) is 5.69 Å². The Balaban J connectivity index is 1.54. The highest BCUT2D eigenvalue weighted by molar-refractivity contribution is 6.05. The van der Waals surface area contributed by atoms with E-state index in [1.807, 2.05) is 47.4 Å². The third-order valence-electron chi connectivity index (χ3n) is 5.19. The van der Waals surface area contributed by atoms with Crippen molar-refractivity contribution in [2.75, 3.05) is 4.90 Å². The molecule has 4 rings (SSSR count). The van der Waals surface area contributed by atoms with Crippen molar-refractivity contribution in [1.82, 2.24) is 0 Å². The van der Waals surface area contributed by atoms with Crippen LogP contribution in [0, 0.1) is 0 Å². The van der Waals surface area contributed by atoms with Crippen molar-refractivity contribution < 1.29 is 4.74 Å². The van der Waals surface area contributed by atoms with Gasteiger partial charge in [0.05, 0.1) is 0 Å². The van der Waals surface area contributed by atoms with Gasteiger partial charge in [0.25, 0.3) is 0 Å². The van der Waals surface area contributed by atoms with Crippen LogP contribution in [-0.2, 0) is 6.61 Å². The zero-order valence-electron chi connectivity index (χ0n) is 15.3. The van der Waals surface area contributed by atoms with E-state index in [1.54, 1.807) is 0 Å². The van der Waals surface area contributed by atoms with Crippen LogP contribution >= 0.6 is 0 Å². The van der Waals surface area contributed by atoms with Crippen molar-refractivity contribution in [3.8, 4) is 5.75 Å². The fourth-order valence-electron chi connectivity index (χ4n) is 3.93. The topological polar surface area (TPSA) is 89.2 Å². The number of ether oxygens (including phenoxy) is 1. The Hall–Kier alpha value is -3.02. The molecule has 1 fully saturated rings. The van der Waals surface area contributed by atoms with Crippen LogP contribution in [0.15, 0.2) is 64.6 Å². The van der Waals surface area contributed by atoms with E-state index in [0.717, 1.165) is 42.7 Å². The number of nitrogens with two attached hydrogens (primary N) is 2. The molecule has 1 heterocycles. The van der Waals surface area contributed by atoms with Gasteiger partial charge in [0.2, 0.25) is 11.9 Å².